The fourth-order valence-corrected chi connectivity index (χ4v) is 5.22. The summed E-state index contributed by atoms with van der Waals surface area (Å²) in [5, 5.41) is 22.4. The minimum atomic E-state index is -0.626. The van der Waals surface area contributed by atoms with E-state index >= 15 is 0 Å². The van der Waals surface area contributed by atoms with Crippen LogP contribution < -0.4 is 4.74 Å². The van der Waals surface area contributed by atoms with Gasteiger partial charge in [-0.05, 0) is 61.5 Å². The van der Waals surface area contributed by atoms with Crippen molar-refractivity contribution in [3.63, 3.8) is 0 Å². The number of halogens is 1. The summed E-state index contributed by atoms with van der Waals surface area (Å²) in [6, 6.07) is 23.4. The van der Waals surface area contributed by atoms with E-state index in [0.29, 0.717) is 33.0 Å². The van der Waals surface area contributed by atoms with Gasteiger partial charge in [-0.1, -0.05) is 41.7 Å². The molecule has 7 nitrogen and oxygen atoms in total. The molecule has 6 rings (SSSR count). The van der Waals surface area contributed by atoms with Gasteiger partial charge in [0.1, 0.15) is 23.1 Å². The Bertz CT molecular complexity index is 1820. The smallest absolute Gasteiger partial charge is 0.242 e. The molecule has 0 aliphatic rings. The molecule has 0 saturated carbocycles. The number of para-hydroxylation sites is 1. The quantitative estimate of drug-likeness (QED) is 0.222. The Kier molecular flexibility index (Phi) is 5.69. The van der Waals surface area contributed by atoms with Gasteiger partial charge in [0.2, 0.25) is 11.7 Å². The summed E-state index contributed by atoms with van der Waals surface area (Å²) >= 11 is 1.10. The van der Waals surface area contributed by atoms with Gasteiger partial charge in [-0.3, -0.25) is 9.36 Å². The van der Waals surface area contributed by atoms with E-state index in [4.69, 9.17) is 9.15 Å². The molecule has 0 aliphatic carbocycles. The molecule has 0 bridgehead atoms. The lowest BCUT2D eigenvalue weighted by Crippen LogP contribution is -2.04. The van der Waals surface area contributed by atoms with Crippen LogP contribution in [-0.2, 0) is 0 Å². The topological polar surface area (TPSA) is 97.7 Å². The maximum atomic E-state index is 13.9. The van der Waals surface area contributed by atoms with Crippen LogP contribution in [0.4, 0.5) is 4.39 Å². The highest BCUT2D eigenvalue weighted by Crippen LogP contribution is 2.46. The molecule has 188 valence electrons. The summed E-state index contributed by atoms with van der Waals surface area (Å²) in [4.78, 5) is 18.1. The van der Waals surface area contributed by atoms with Crippen LogP contribution >= 0.6 is 11.3 Å². The standard InChI is InChI=1S/C29H19FN2O5S/c1-16-10-13-22(36-16)26(33)24-25(17-6-5-9-20(14-17)37-19-7-3-2-4-8-19)32(28(35)27(24)34)29-31-21-12-11-18(30)15-23(21)38-29/h2-15,34-35H,1H3. The van der Waals surface area contributed by atoms with Crippen molar-refractivity contribution in [3.8, 4) is 39.5 Å². The molecule has 9 heteroatoms. The van der Waals surface area contributed by atoms with E-state index in [1.807, 2.05) is 30.3 Å². The molecule has 0 saturated heterocycles. The number of hydrogen-bond acceptors (Lipinski definition) is 7. The minimum absolute atomic E-state index is 0.000684. The summed E-state index contributed by atoms with van der Waals surface area (Å²) in [6.45, 7) is 1.70. The fraction of sp³-hybridized carbons (Fsp3) is 0.0345. The van der Waals surface area contributed by atoms with E-state index in [0.717, 1.165) is 11.3 Å². The van der Waals surface area contributed by atoms with E-state index in [-0.39, 0.29) is 22.1 Å². The Morgan fingerprint density at radius 1 is 0.974 bits per heavy atom. The molecule has 3 heterocycles. The number of thiazole rings is 1. The Morgan fingerprint density at radius 2 is 1.76 bits per heavy atom. The van der Waals surface area contributed by atoms with Gasteiger partial charge in [0.25, 0.3) is 0 Å². The highest BCUT2D eigenvalue weighted by molar-refractivity contribution is 7.20. The van der Waals surface area contributed by atoms with Gasteiger partial charge in [0.05, 0.1) is 21.5 Å². The van der Waals surface area contributed by atoms with Crippen LogP contribution in [-0.4, -0.2) is 25.5 Å². The number of aromatic hydroxyl groups is 2. The molecule has 38 heavy (non-hydrogen) atoms. The van der Waals surface area contributed by atoms with Crippen molar-refractivity contribution in [2.24, 2.45) is 0 Å². The van der Waals surface area contributed by atoms with Crippen LogP contribution in [0.3, 0.4) is 0 Å². The molecule has 2 N–H and O–H groups in total. The number of ketones is 1. The average molecular weight is 527 g/mol. The van der Waals surface area contributed by atoms with E-state index in [1.165, 1.54) is 28.8 Å². The third kappa shape index (κ3) is 4.08. The maximum absolute atomic E-state index is 13.9. The molecular weight excluding hydrogens is 507 g/mol. The number of rotatable bonds is 6. The van der Waals surface area contributed by atoms with Gasteiger partial charge in [-0.25, -0.2) is 9.37 Å². The number of aryl methyl sites for hydroxylation is 1. The molecule has 3 aromatic heterocycles. The van der Waals surface area contributed by atoms with E-state index in [1.54, 1.807) is 37.3 Å². The second-order valence-corrected chi connectivity index (χ2v) is 9.53. The average Bonchev–Trinajstić information content (AvgIpc) is 3.60. The Balaban J connectivity index is 1.58. The Morgan fingerprint density at radius 3 is 2.53 bits per heavy atom. The Hall–Kier alpha value is -4.89. The van der Waals surface area contributed by atoms with E-state index in [9.17, 15) is 19.4 Å². The first-order valence-electron chi connectivity index (χ1n) is 11.6. The molecule has 0 spiro atoms. The number of aromatic nitrogens is 2. The zero-order chi connectivity index (χ0) is 26.4. The monoisotopic (exact) mass is 526 g/mol. The van der Waals surface area contributed by atoms with Crippen LogP contribution in [0.25, 0.3) is 26.6 Å². The van der Waals surface area contributed by atoms with Crippen LogP contribution in [0.1, 0.15) is 21.9 Å². The zero-order valence-electron chi connectivity index (χ0n) is 19.9. The summed E-state index contributed by atoms with van der Waals surface area (Å²) < 4.78 is 27.2. The maximum Gasteiger partial charge on any atom is 0.242 e. The van der Waals surface area contributed by atoms with Crippen molar-refractivity contribution in [2.45, 2.75) is 6.92 Å². The van der Waals surface area contributed by atoms with Gasteiger partial charge < -0.3 is 19.4 Å². The van der Waals surface area contributed by atoms with Gasteiger partial charge in [-0.2, -0.15) is 0 Å². The second-order valence-electron chi connectivity index (χ2n) is 8.52. The SMILES string of the molecule is Cc1ccc(C(=O)c2c(O)c(O)n(-c3nc4ccc(F)cc4s3)c2-c2cccc(Oc3ccccc3)c2)o1. The van der Waals surface area contributed by atoms with Gasteiger partial charge in [-0.15, -0.1) is 0 Å². The molecule has 0 amide bonds. The lowest BCUT2D eigenvalue weighted by atomic mass is 10.0. The molecule has 6 aromatic rings. The van der Waals surface area contributed by atoms with E-state index in [2.05, 4.69) is 4.98 Å². The van der Waals surface area contributed by atoms with Crippen molar-refractivity contribution < 1.29 is 28.6 Å². The van der Waals surface area contributed by atoms with Crippen molar-refractivity contribution in [3.05, 3.63) is 108 Å². The lowest BCUT2D eigenvalue weighted by molar-refractivity contribution is 0.101. The van der Waals surface area contributed by atoms with Crippen LogP contribution in [0.5, 0.6) is 23.1 Å². The third-order valence-corrected chi connectivity index (χ3v) is 6.93. The number of furan rings is 1. The first kappa shape index (κ1) is 23.5. The molecule has 0 fully saturated rings. The van der Waals surface area contributed by atoms with Crippen molar-refractivity contribution in [1.29, 1.82) is 0 Å². The number of carbonyl (C=O) groups is 1. The summed E-state index contributed by atoms with van der Waals surface area (Å²) in [7, 11) is 0. The van der Waals surface area contributed by atoms with Crippen molar-refractivity contribution in [2.75, 3.05) is 0 Å². The predicted octanol–water partition coefficient (Wildman–Crippen LogP) is 7.23. The number of carbonyl (C=O) groups excluding carboxylic acids is 1. The summed E-state index contributed by atoms with van der Waals surface area (Å²) in [5.74, 6) is -0.660. The van der Waals surface area contributed by atoms with Gasteiger partial charge >= 0.3 is 0 Å². The zero-order valence-corrected chi connectivity index (χ0v) is 20.7. The fourth-order valence-electron chi connectivity index (χ4n) is 4.22. The number of nitrogens with zero attached hydrogens (tertiary/aromatic N) is 2. The van der Waals surface area contributed by atoms with Crippen molar-refractivity contribution >= 4 is 27.3 Å². The molecule has 0 radical (unpaired) electrons. The van der Waals surface area contributed by atoms with Gasteiger partial charge in [0, 0.05) is 5.56 Å². The largest absolute Gasteiger partial charge is 0.503 e. The Labute approximate surface area is 219 Å². The van der Waals surface area contributed by atoms with Crippen LogP contribution in [0, 0.1) is 12.7 Å². The number of benzene rings is 3. The number of hydrogen-bond donors (Lipinski definition) is 2. The molecule has 0 unspecified atom stereocenters. The molecule has 0 aliphatic heterocycles. The molecule has 3 aromatic carbocycles. The first-order chi connectivity index (χ1) is 18.4. The first-order valence-corrected chi connectivity index (χ1v) is 12.4. The molecular formula is C29H19FN2O5S. The number of ether oxygens (including phenoxy) is 1. The summed E-state index contributed by atoms with van der Waals surface area (Å²) in [6.07, 6.45) is 0. The minimum Gasteiger partial charge on any atom is -0.503 e. The third-order valence-electron chi connectivity index (χ3n) is 5.93. The second kappa shape index (κ2) is 9.20. The van der Waals surface area contributed by atoms with Crippen LogP contribution in [0.2, 0.25) is 0 Å². The predicted molar refractivity (Wildman–Crippen MR) is 141 cm³/mol. The number of fused-ring (bicyclic) bond motifs is 1. The normalized spacial score (nSPS) is 11.2. The highest BCUT2D eigenvalue weighted by Gasteiger charge is 2.32. The van der Waals surface area contributed by atoms with E-state index < -0.39 is 23.2 Å². The van der Waals surface area contributed by atoms with Crippen LogP contribution in [0.15, 0.2) is 89.3 Å². The summed E-state index contributed by atoms with van der Waals surface area (Å²) in [5.41, 5.74) is 0.975. The lowest BCUT2D eigenvalue weighted by Gasteiger charge is -2.11. The molecule has 0 atom stereocenters. The van der Waals surface area contributed by atoms with Gasteiger partial charge in [0.15, 0.2) is 16.6 Å². The van der Waals surface area contributed by atoms with Crippen molar-refractivity contribution in [1.82, 2.24) is 9.55 Å². The highest BCUT2D eigenvalue weighted by atomic mass is 32.1.